The van der Waals surface area contributed by atoms with Crippen LogP contribution in [-0.4, -0.2) is 48.6 Å². The van der Waals surface area contributed by atoms with Crippen molar-refractivity contribution < 1.29 is 9.53 Å². The molecule has 0 unspecified atom stereocenters. The van der Waals surface area contributed by atoms with Gasteiger partial charge < -0.3 is 14.5 Å². The van der Waals surface area contributed by atoms with Gasteiger partial charge in [-0.15, -0.1) is 0 Å². The smallest absolute Gasteiger partial charge is 0.253 e. The first-order valence-electron chi connectivity index (χ1n) is 9.28. The van der Waals surface area contributed by atoms with Crippen molar-refractivity contribution in [2.24, 2.45) is 0 Å². The third-order valence-electron chi connectivity index (χ3n) is 4.78. The van der Waals surface area contributed by atoms with Crippen LogP contribution in [0.5, 0.6) is 5.75 Å². The monoisotopic (exact) mass is 381 g/mol. The third kappa shape index (κ3) is 3.76. The maximum absolute atomic E-state index is 12.7. The molecule has 0 radical (unpaired) electrons. The van der Waals surface area contributed by atoms with Crippen LogP contribution >= 0.6 is 11.3 Å². The number of benzene rings is 2. The van der Waals surface area contributed by atoms with Gasteiger partial charge in [-0.05, 0) is 55.8 Å². The molecule has 0 bridgehead atoms. The number of aromatic nitrogens is 1. The Balaban J connectivity index is 1.41. The molecular weight excluding hydrogens is 358 g/mol. The second-order valence-corrected chi connectivity index (χ2v) is 7.71. The van der Waals surface area contributed by atoms with E-state index in [1.165, 1.54) is 10.3 Å². The zero-order chi connectivity index (χ0) is 18.8. The largest absolute Gasteiger partial charge is 0.494 e. The number of fused-ring (bicyclic) bond motifs is 1. The number of hydrogen-bond acceptors (Lipinski definition) is 5. The van der Waals surface area contributed by atoms with Gasteiger partial charge in [0.2, 0.25) is 0 Å². The van der Waals surface area contributed by atoms with Gasteiger partial charge in [0.15, 0.2) is 5.13 Å². The molecule has 5 nitrogen and oxygen atoms in total. The summed E-state index contributed by atoms with van der Waals surface area (Å²) in [6, 6.07) is 13.8. The fourth-order valence-corrected chi connectivity index (χ4v) is 4.41. The molecule has 1 aliphatic heterocycles. The van der Waals surface area contributed by atoms with Gasteiger partial charge in [0.05, 0.1) is 16.8 Å². The van der Waals surface area contributed by atoms with Crippen LogP contribution in [0.2, 0.25) is 0 Å². The second kappa shape index (κ2) is 7.56. The SMILES string of the molecule is CCOc1ccc(C(=O)N2CCN(c3nc4ccc(C)cc4s3)CC2)cc1. The van der Waals surface area contributed by atoms with Gasteiger partial charge in [-0.3, -0.25) is 4.79 Å². The molecule has 1 fully saturated rings. The number of aryl methyl sites for hydroxylation is 1. The van der Waals surface area contributed by atoms with Crippen molar-refractivity contribution in [1.29, 1.82) is 0 Å². The molecule has 1 amide bonds. The minimum absolute atomic E-state index is 0.0811. The maximum Gasteiger partial charge on any atom is 0.253 e. The summed E-state index contributed by atoms with van der Waals surface area (Å²) >= 11 is 1.73. The first-order valence-corrected chi connectivity index (χ1v) is 10.1. The topological polar surface area (TPSA) is 45.7 Å². The lowest BCUT2D eigenvalue weighted by Gasteiger charge is -2.34. The fourth-order valence-electron chi connectivity index (χ4n) is 3.30. The molecule has 3 aromatic rings. The number of anilines is 1. The maximum atomic E-state index is 12.7. The number of hydrogen-bond donors (Lipinski definition) is 0. The number of piperazine rings is 1. The van der Waals surface area contributed by atoms with Crippen molar-refractivity contribution in [2.45, 2.75) is 13.8 Å². The van der Waals surface area contributed by atoms with E-state index in [9.17, 15) is 4.79 Å². The average Bonchev–Trinajstić information content (AvgIpc) is 3.11. The van der Waals surface area contributed by atoms with E-state index in [1.807, 2.05) is 36.1 Å². The van der Waals surface area contributed by atoms with Crippen LogP contribution in [0.3, 0.4) is 0 Å². The molecule has 0 saturated carbocycles. The summed E-state index contributed by atoms with van der Waals surface area (Å²) in [5.41, 5.74) is 3.01. The summed E-state index contributed by atoms with van der Waals surface area (Å²) in [5, 5.41) is 1.05. The Morgan fingerprint density at radius 2 is 1.85 bits per heavy atom. The van der Waals surface area contributed by atoms with E-state index in [-0.39, 0.29) is 5.91 Å². The predicted molar refractivity (Wildman–Crippen MR) is 110 cm³/mol. The summed E-state index contributed by atoms with van der Waals surface area (Å²) in [7, 11) is 0. The molecule has 2 aromatic carbocycles. The van der Waals surface area contributed by atoms with Crippen LogP contribution in [0.15, 0.2) is 42.5 Å². The van der Waals surface area contributed by atoms with Crippen molar-refractivity contribution in [2.75, 3.05) is 37.7 Å². The number of rotatable bonds is 4. The number of carbonyl (C=O) groups is 1. The van der Waals surface area contributed by atoms with Crippen molar-refractivity contribution in [1.82, 2.24) is 9.88 Å². The van der Waals surface area contributed by atoms with Crippen LogP contribution < -0.4 is 9.64 Å². The lowest BCUT2D eigenvalue weighted by molar-refractivity contribution is 0.0746. The molecule has 0 atom stereocenters. The molecule has 0 aliphatic carbocycles. The van der Waals surface area contributed by atoms with Crippen LogP contribution in [0, 0.1) is 6.92 Å². The third-order valence-corrected chi connectivity index (χ3v) is 5.86. The molecular formula is C21H23N3O2S. The van der Waals surface area contributed by atoms with Crippen molar-refractivity contribution in [3.63, 3.8) is 0 Å². The van der Waals surface area contributed by atoms with Crippen molar-refractivity contribution in [3.05, 3.63) is 53.6 Å². The van der Waals surface area contributed by atoms with Gasteiger partial charge in [0, 0.05) is 31.7 Å². The molecule has 140 valence electrons. The lowest BCUT2D eigenvalue weighted by atomic mass is 10.1. The van der Waals surface area contributed by atoms with Crippen LogP contribution in [0.25, 0.3) is 10.2 Å². The van der Waals surface area contributed by atoms with E-state index >= 15 is 0 Å². The summed E-state index contributed by atoms with van der Waals surface area (Å²) < 4.78 is 6.66. The molecule has 1 saturated heterocycles. The molecule has 27 heavy (non-hydrogen) atoms. The van der Waals surface area contributed by atoms with Gasteiger partial charge in [0.1, 0.15) is 5.75 Å². The van der Waals surface area contributed by atoms with Crippen molar-refractivity contribution in [3.8, 4) is 5.75 Å². The van der Waals surface area contributed by atoms with E-state index in [1.54, 1.807) is 11.3 Å². The highest BCUT2D eigenvalue weighted by Gasteiger charge is 2.24. The number of amides is 1. The summed E-state index contributed by atoms with van der Waals surface area (Å²) in [6.45, 7) is 7.71. The molecule has 4 rings (SSSR count). The molecule has 2 heterocycles. The van der Waals surface area contributed by atoms with E-state index in [4.69, 9.17) is 9.72 Å². The van der Waals surface area contributed by atoms with E-state index in [2.05, 4.69) is 30.0 Å². The highest BCUT2D eigenvalue weighted by atomic mass is 32.1. The Kier molecular flexibility index (Phi) is 4.99. The standard InChI is InChI=1S/C21H23N3O2S/c1-3-26-17-7-5-16(6-8-17)20(25)23-10-12-24(13-11-23)21-22-18-9-4-15(2)14-19(18)27-21/h4-9,14H,3,10-13H2,1-2H3. The Bertz CT molecular complexity index is 944. The molecule has 0 spiro atoms. The highest BCUT2D eigenvalue weighted by Crippen LogP contribution is 2.30. The van der Waals surface area contributed by atoms with Gasteiger partial charge in [-0.1, -0.05) is 17.4 Å². The van der Waals surface area contributed by atoms with Gasteiger partial charge in [0.25, 0.3) is 5.91 Å². The molecule has 0 N–H and O–H groups in total. The molecule has 6 heteroatoms. The highest BCUT2D eigenvalue weighted by molar-refractivity contribution is 7.22. The Morgan fingerprint density at radius 3 is 2.56 bits per heavy atom. The molecule has 1 aliphatic rings. The minimum Gasteiger partial charge on any atom is -0.494 e. The number of ether oxygens (including phenoxy) is 1. The quantitative estimate of drug-likeness (QED) is 0.686. The minimum atomic E-state index is 0.0811. The fraction of sp³-hybridized carbons (Fsp3) is 0.333. The van der Waals surface area contributed by atoms with E-state index in [0.717, 1.165) is 29.5 Å². The van der Waals surface area contributed by atoms with Crippen LogP contribution in [-0.2, 0) is 0 Å². The van der Waals surface area contributed by atoms with E-state index in [0.29, 0.717) is 25.3 Å². The Morgan fingerprint density at radius 1 is 1.11 bits per heavy atom. The summed E-state index contributed by atoms with van der Waals surface area (Å²) in [5.74, 6) is 0.877. The summed E-state index contributed by atoms with van der Waals surface area (Å²) in [6.07, 6.45) is 0. The van der Waals surface area contributed by atoms with Crippen molar-refractivity contribution >= 4 is 32.6 Å². The van der Waals surface area contributed by atoms with Crippen LogP contribution in [0.4, 0.5) is 5.13 Å². The number of nitrogens with zero attached hydrogens (tertiary/aromatic N) is 3. The number of thiazole rings is 1. The zero-order valence-corrected chi connectivity index (χ0v) is 16.5. The normalized spacial score (nSPS) is 14.6. The molecule has 1 aromatic heterocycles. The number of carbonyl (C=O) groups excluding carboxylic acids is 1. The Labute approximate surface area is 163 Å². The van der Waals surface area contributed by atoms with Gasteiger partial charge in [-0.2, -0.15) is 0 Å². The Hall–Kier alpha value is -2.60. The zero-order valence-electron chi connectivity index (χ0n) is 15.6. The first kappa shape index (κ1) is 17.8. The average molecular weight is 382 g/mol. The first-order chi connectivity index (χ1) is 13.1. The summed E-state index contributed by atoms with van der Waals surface area (Å²) in [4.78, 5) is 21.7. The van der Waals surface area contributed by atoms with Gasteiger partial charge >= 0.3 is 0 Å². The van der Waals surface area contributed by atoms with Crippen LogP contribution in [0.1, 0.15) is 22.8 Å². The lowest BCUT2D eigenvalue weighted by Crippen LogP contribution is -2.48. The predicted octanol–water partition coefficient (Wildman–Crippen LogP) is 3.97. The second-order valence-electron chi connectivity index (χ2n) is 6.70. The van der Waals surface area contributed by atoms with E-state index < -0.39 is 0 Å². The van der Waals surface area contributed by atoms with Gasteiger partial charge in [-0.25, -0.2) is 4.98 Å².